The molecule has 0 bridgehead atoms. The number of hydrogen-bond donors (Lipinski definition) is 1. The second-order valence-corrected chi connectivity index (χ2v) is 8.16. The fourth-order valence-corrected chi connectivity index (χ4v) is 4.25. The summed E-state index contributed by atoms with van der Waals surface area (Å²) in [5, 5.41) is 13.2. The standard InChI is InChI=1S/C24H27N7O3/c1-2-30-23(32)19-8-3-4-9-20(19)31-21(26-27-24(30)31)16-34-28-22(25)18-7-5-6-17(14-18)15-29-10-12-33-13-11-29/h3-9,14H,2,10-13,15-16H2,1H3,(H2,25,28). The molecule has 3 heterocycles. The molecule has 10 nitrogen and oxygen atoms in total. The summed E-state index contributed by atoms with van der Waals surface area (Å²) in [6.07, 6.45) is 0. The van der Waals surface area contributed by atoms with Gasteiger partial charge in [-0.3, -0.25) is 18.7 Å². The van der Waals surface area contributed by atoms with E-state index in [1.54, 1.807) is 10.6 Å². The SMILES string of the molecule is CCn1c(=O)c2ccccc2n2c(CO/N=C(/N)c3cccc(CN4CCOCC4)c3)nnc12. The van der Waals surface area contributed by atoms with Crippen LogP contribution in [0.2, 0.25) is 0 Å². The van der Waals surface area contributed by atoms with Gasteiger partial charge in [0.05, 0.1) is 24.1 Å². The lowest BCUT2D eigenvalue weighted by molar-refractivity contribution is 0.0342. The summed E-state index contributed by atoms with van der Waals surface area (Å²) in [4.78, 5) is 20.7. The van der Waals surface area contributed by atoms with E-state index in [-0.39, 0.29) is 18.0 Å². The quantitative estimate of drug-likeness (QED) is 0.253. The fourth-order valence-electron chi connectivity index (χ4n) is 4.25. The molecular weight excluding hydrogens is 434 g/mol. The Kier molecular flexibility index (Phi) is 6.24. The van der Waals surface area contributed by atoms with E-state index in [4.69, 9.17) is 15.3 Å². The van der Waals surface area contributed by atoms with Gasteiger partial charge in [-0.25, -0.2) is 0 Å². The van der Waals surface area contributed by atoms with Crippen LogP contribution in [0.1, 0.15) is 23.9 Å². The summed E-state index contributed by atoms with van der Waals surface area (Å²) >= 11 is 0. The molecule has 34 heavy (non-hydrogen) atoms. The number of fused-ring (bicyclic) bond motifs is 3. The summed E-state index contributed by atoms with van der Waals surface area (Å²) in [6, 6.07) is 15.4. The first-order valence-electron chi connectivity index (χ1n) is 11.4. The third kappa shape index (κ3) is 4.25. The Balaban J connectivity index is 1.36. The van der Waals surface area contributed by atoms with Crippen LogP contribution in [0.5, 0.6) is 0 Å². The monoisotopic (exact) mass is 461 g/mol. The molecule has 0 saturated carbocycles. The van der Waals surface area contributed by atoms with E-state index in [2.05, 4.69) is 26.3 Å². The molecule has 1 aliphatic rings. The molecule has 1 fully saturated rings. The third-order valence-electron chi connectivity index (χ3n) is 5.98. The molecule has 0 atom stereocenters. The highest BCUT2D eigenvalue weighted by Gasteiger charge is 2.16. The zero-order valence-electron chi connectivity index (χ0n) is 19.1. The van der Waals surface area contributed by atoms with Crippen LogP contribution in [0.15, 0.2) is 58.5 Å². The molecule has 4 aromatic rings. The normalized spacial score (nSPS) is 15.3. The van der Waals surface area contributed by atoms with Crippen LogP contribution in [0, 0.1) is 0 Å². The Morgan fingerprint density at radius 3 is 2.79 bits per heavy atom. The van der Waals surface area contributed by atoms with E-state index in [1.807, 2.05) is 47.7 Å². The molecule has 0 radical (unpaired) electrons. The highest BCUT2D eigenvalue weighted by atomic mass is 16.6. The van der Waals surface area contributed by atoms with Crippen molar-refractivity contribution in [2.45, 2.75) is 26.6 Å². The van der Waals surface area contributed by atoms with Gasteiger partial charge < -0.3 is 15.3 Å². The van der Waals surface area contributed by atoms with Gasteiger partial charge in [-0.1, -0.05) is 35.5 Å². The molecule has 176 valence electrons. The van der Waals surface area contributed by atoms with Crippen molar-refractivity contribution < 1.29 is 9.57 Å². The van der Waals surface area contributed by atoms with Crippen molar-refractivity contribution >= 4 is 22.5 Å². The number of rotatable bonds is 7. The smallest absolute Gasteiger partial charge is 0.262 e. The van der Waals surface area contributed by atoms with Crippen molar-refractivity contribution in [3.05, 3.63) is 75.8 Å². The molecule has 2 aromatic carbocycles. The molecule has 1 aliphatic heterocycles. The number of hydrogen-bond acceptors (Lipinski definition) is 7. The topological polar surface area (TPSA) is 112 Å². The highest BCUT2D eigenvalue weighted by molar-refractivity contribution is 5.97. The predicted octanol–water partition coefficient (Wildman–Crippen LogP) is 1.73. The molecule has 10 heteroatoms. The maximum atomic E-state index is 12.8. The Bertz CT molecular complexity index is 1400. The molecule has 0 unspecified atom stereocenters. The minimum atomic E-state index is -0.0929. The average molecular weight is 462 g/mol. The molecule has 5 rings (SSSR count). The van der Waals surface area contributed by atoms with E-state index in [1.165, 1.54) is 0 Å². The van der Waals surface area contributed by atoms with Gasteiger partial charge in [-0.2, -0.15) is 0 Å². The maximum Gasteiger partial charge on any atom is 0.262 e. The molecule has 0 aliphatic carbocycles. The minimum absolute atomic E-state index is 0.0568. The summed E-state index contributed by atoms with van der Waals surface area (Å²) in [6.45, 7) is 6.64. The third-order valence-corrected chi connectivity index (χ3v) is 5.98. The number of oxime groups is 1. The number of amidine groups is 1. The predicted molar refractivity (Wildman–Crippen MR) is 128 cm³/mol. The second-order valence-electron chi connectivity index (χ2n) is 8.16. The van der Waals surface area contributed by atoms with Crippen molar-refractivity contribution in [3.63, 3.8) is 0 Å². The largest absolute Gasteiger partial charge is 0.386 e. The number of morpholine rings is 1. The molecule has 0 amide bonds. The van der Waals surface area contributed by atoms with Crippen molar-refractivity contribution in [1.82, 2.24) is 24.1 Å². The Labute approximate surface area is 196 Å². The van der Waals surface area contributed by atoms with E-state index >= 15 is 0 Å². The number of ether oxygens (including phenoxy) is 1. The van der Waals surface area contributed by atoms with Gasteiger partial charge in [0.25, 0.3) is 5.56 Å². The lowest BCUT2D eigenvalue weighted by atomic mass is 10.1. The van der Waals surface area contributed by atoms with Gasteiger partial charge in [0.1, 0.15) is 0 Å². The van der Waals surface area contributed by atoms with Crippen LogP contribution in [0.4, 0.5) is 0 Å². The number of aromatic nitrogens is 4. The van der Waals surface area contributed by atoms with Gasteiger partial charge in [-0.05, 0) is 30.7 Å². The lowest BCUT2D eigenvalue weighted by Crippen LogP contribution is -2.35. The number of nitrogens with two attached hydrogens (primary N) is 1. The van der Waals surface area contributed by atoms with E-state index in [0.29, 0.717) is 23.5 Å². The van der Waals surface area contributed by atoms with Gasteiger partial charge in [0, 0.05) is 31.7 Å². The molecule has 2 aromatic heterocycles. The minimum Gasteiger partial charge on any atom is -0.386 e. The first kappa shape index (κ1) is 22.1. The molecule has 1 saturated heterocycles. The summed E-state index contributed by atoms with van der Waals surface area (Å²) < 4.78 is 8.84. The van der Waals surface area contributed by atoms with Crippen molar-refractivity contribution in [2.24, 2.45) is 10.9 Å². The van der Waals surface area contributed by atoms with Crippen molar-refractivity contribution in [3.8, 4) is 0 Å². The van der Waals surface area contributed by atoms with Crippen LogP contribution in [0.25, 0.3) is 16.7 Å². The molecule has 2 N–H and O–H groups in total. The van der Waals surface area contributed by atoms with Crippen LogP contribution < -0.4 is 11.3 Å². The van der Waals surface area contributed by atoms with Gasteiger partial charge in [0.15, 0.2) is 18.3 Å². The van der Waals surface area contributed by atoms with Gasteiger partial charge in [0.2, 0.25) is 5.78 Å². The summed E-state index contributed by atoms with van der Waals surface area (Å²) in [5.41, 5.74) is 8.79. The Morgan fingerprint density at radius 1 is 1.15 bits per heavy atom. The number of para-hydroxylation sites is 1. The first-order chi connectivity index (χ1) is 16.7. The van der Waals surface area contributed by atoms with Crippen molar-refractivity contribution in [2.75, 3.05) is 26.3 Å². The van der Waals surface area contributed by atoms with Crippen LogP contribution in [-0.2, 0) is 29.3 Å². The number of aryl methyl sites for hydroxylation is 1. The Morgan fingerprint density at radius 2 is 1.97 bits per heavy atom. The zero-order chi connectivity index (χ0) is 23.5. The maximum absolute atomic E-state index is 12.8. The number of nitrogens with zero attached hydrogens (tertiary/aromatic N) is 6. The van der Waals surface area contributed by atoms with E-state index in [9.17, 15) is 4.79 Å². The Hall–Kier alpha value is -3.76. The fraction of sp³-hybridized carbons (Fsp3) is 0.333. The average Bonchev–Trinajstić information content (AvgIpc) is 3.29. The zero-order valence-corrected chi connectivity index (χ0v) is 19.1. The lowest BCUT2D eigenvalue weighted by Gasteiger charge is -2.26. The van der Waals surface area contributed by atoms with Crippen molar-refractivity contribution in [1.29, 1.82) is 0 Å². The van der Waals surface area contributed by atoms with Crippen LogP contribution in [0.3, 0.4) is 0 Å². The molecule has 0 spiro atoms. The summed E-state index contributed by atoms with van der Waals surface area (Å²) in [7, 11) is 0. The highest BCUT2D eigenvalue weighted by Crippen LogP contribution is 2.15. The van der Waals surface area contributed by atoms with Gasteiger partial charge >= 0.3 is 0 Å². The second kappa shape index (κ2) is 9.62. The molecular formula is C24H27N7O3. The van der Waals surface area contributed by atoms with Crippen LogP contribution in [-0.4, -0.2) is 56.2 Å². The number of benzene rings is 2. The van der Waals surface area contributed by atoms with Gasteiger partial charge in [-0.15, -0.1) is 10.2 Å². The first-order valence-corrected chi connectivity index (χ1v) is 11.4. The summed E-state index contributed by atoms with van der Waals surface area (Å²) in [5.74, 6) is 1.29. The van der Waals surface area contributed by atoms with E-state index in [0.717, 1.165) is 49.5 Å². The van der Waals surface area contributed by atoms with Crippen LogP contribution >= 0.6 is 0 Å². The van der Waals surface area contributed by atoms with E-state index < -0.39 is 0 Å².